The Balaban J connectivity index is 2.17. The molecule has 1 aliphatic rings. The van der Waals surface area contributed by atoms with Crippen molar-refractivity contribution in [3.63, 3.8) is 0 Å². The monoisotopic (exact) mass is 346 g/mol. The Morgan fingerprint density at radius 1 is 1.29 bits per heavy atom. The number of benzene rings is 1. The normalized spacial score (nSPS) is 20.5. The van der Waals surface area contributed by atoms with Gasteiger partial charge in [-0.05, 0) is 43.5 Å². The van der Waals surface area contributed by atoms with Gasteiger partial charge in [0.1, 0.15) is 4.90 Å². The topological polar surface area (TPSA) is 87.6 Å². The molecule has 1 N–H and O–H groups in total. The highest BCUT2D eigenvalue weighted by atomic mass is 32.2. The van der Waals surface area contributed by atoms with Crippen LogP contribution < -0.4 is 4.31 Å². The Morgan fingerprint density at radius 2 is 2.00 bits per heavy atom. The van der Waals surface area contributed by atoms with Gasteiger partial charge in [0.2, 0.25) is 0 Å². The highest BCUT2D eigenvalue weighted by molar-refractivity contribution is 7.92. The van der Waals surface area contributed by atoms with Crippen molar-refractivity contribution >= 4 is 21.7 Å². The Kier molecular flexibility index (Phi) is 4.04. The van der Waals surface area contributed by atoms with E-state index in [1.165, 1.54) is 10.5 Å². The van der Waals surface area contributed by atoms with Crippen LogP contribution in [0.15, 0.2) is 47.6 Å². The van der Waals surface area contributed by atoms with Crippen LogP contribution in [0.5, 0.6) is 0 Å². The van der Waals surface area contributed by atoms with Gasteiger partial charge < -0.3 is 5.11 Å². The van der Waals surface area contributed by atoms with Gasteiger partial charge in [0.25, 0.3) is 10.0 Å². The summed E-state index contributed by atoms with van der Waals surface area (Å²) in [4.78, 5) is 15.6. The second-order valence-corrected chi connectivity index (χ2v) is 7.85. The summed E-state index contributed by atoms with van der Waals surface area (Å²) in [7, 11) is -3.82. The summed E-state index contributed by atoms with van der Waals surface area (Å²) < 4.78 is 27.6. The van der Waals surface area contributed by atoms with Crippen LogP contribution in [0.1, 0.15) is 30.4 Å². The van der Waals surface area contributed by atoms with Crippen molar-refractivity contribution in [2.75, 3.05) is 4.31 Å². The minimum absolute atomic E-state index is 0.109. The average molecular weight is 346 g/mol. The van der Waals surface area contributed by atoms with Crippen molar-refractivity contribution in [2.45, 2.75) is 37.1 Å². The number of aryl methyl sites for hydroxylation is 1. The van der Waals surface area contributed by atoms with Gasteiger partial charge in [-0.1, -0.05) is 18.2 Å². The van der Waals surface area contributed by atoms with Crippen molar-refractivity contribution in [1.29, 1.82) is 0 Å². The second kappa shape index (κ2) is 5.90. The molecule has 3 rings (SSSR count). The first-order chi connectivity index (χ1) is 11.3. The maximum atomic E-state index is 13.1. The molecule has 0 saturated heterocycles. The Bertz CT molecular complexity index is 895. The third-order valence-corrected chi connectivity index (χ3v) is 6.12. The first kappa shape index (κ1) is 16.4. The van der Waals surface area contributed by atoms with E-state index in [1.807, 2.05) is 0 Å². The second-order valence-electron chi connectivity index (χ2n) is 6.03. The molecule has 1 aromatic carbocycles. The molecule has 126 valence electrons. The number of sulfonamides is 1. The maximum Gasteiger partial charge on any atom is 0.311 e. The number of aromatic nitrogens is 1. The number of carboxylic acid groups (broad SMARTS) is 1. The number of rotatable bonds is 3. The van der Waals surface area contributed by atoms with Crippen LogP contribution in [-0.2, 0) is 14.8 Å². The van der Waals surface area contributed by atoms with E-state index >= 15 is 0 Å². The number of pyridine rings is 1. The quantitative estimate of drug-likeness (QED) is 0.923. The highest BCUT2D eigenvalue weighted by Gasteiger charge is 2.40. The molecule has 0 bridgehead atoms. The van der Waals surface area contributed by atoms with Gasteiger partial charge in [0.05, 0.1) is 11.6 Å². The summed E-state index contributed by atoms with van der Waals surface area (Å²) in [6.45, 7) is 3.51. The lowest BCUT2D eigenvalue weighted by Gasteiger charge is -2.38. The molecule has 0 unspecified atom stereocenters. The fraction of sp³-hybridized carbons (Fsp3) is 0.294. The molecule has 0 amide bonds. The number of fused-ring (bicyclic) bond motifs is 1. The van der Waals surface area contributed by atoms with Crippen LogP contribution in [0.25, 0.3) is 0 Å². The number of hydrogen-bond donors (Lipinski definition) is 1. The number of hydrogen-bond acceptors (Lipinski definition) is 4. The number of carbonyl (C=O) groups is 1. The predicted molar refractivity (Wildman–Crippen MR) is 89.5 cm³/mol. The van der Waals surface area contributed by atoms with Gasteiger partial charge in [0, 0.05) is 18.4 Å². The van der Waals surface area contributed by atoms with Crippen molar-refractivity contribution in [1.82, 2.24) is 4.98 Å². The first-order valence-corrected chi connectivity index (χ1v) is 9.04. The molecule has 0 fully saturated rings. The standard InChI is InChI=1S/C17H18N2O4S/c1-11-7-13(10-18-9-11)24(22,23)19-12(2)8-15(17(20)21)14-5-3-4-6-16(14)19/h3-7,9-10,12,15H,8H2,1-2H3,(H,20,21)/t12-,15+/m1/s1. The Labute approximate surface area is 140 Å². The van der Waals surface area contributed by atoms with E-state index in [0.29, 0.717) is 11.3 Å². The van der Waals surface area contributed by atoms with Gasteiger partial charge in [-0.2, -0.15) is 0 Å². The molecule has 2 aromatic rings. The molecule has 7 heteroatoms. The molecule has 0 saturated carbocycles. The minimum atomic E-state index is -3.82. The molecule has 0 aliphatic carbocycles. The van der Waals surface area contributed by atoms with Crippen LogP contribution >= 0.6 is 0 Å². The van der Waals surface area contributed by atoms with Gasteiger partial charge in [-0.25, -0.2) is 8.42 Å². The maximum absolute atomic E-state index is 13.1. The van der Waals surface area contributed by atoms with E-state index in [2.05, 4.69) is 4.98 Å². The Hall–Kier alpha value is -2.41. The van der Waals surface area contributed by atoms with Crippen LogP contribution in [0.3, 0.4) is 0 Å². The Morgan fingerprint density at radius 3 is 2.67 bits per heavy atom. The fourth-order valence-corrected chi connectivity index (χ4v) is 4.91. The largest absolute Gasteiger partial charge is 0.481 e. The number of nitrogens with zero attached hydrogens (tertiary/aromatic N) is 2. The zero-order chi connectivity index (χ0) is 17.5. The predicted octanol–water partition coefficient (Wildman–Crippen LogP) is 2.55. The van der Waals surface area contributed by atoms with Crippen molar-refractivity contribution in [3.05, 3.63) is 53.9 Å². The van der Waals surface area contributed by atoms with Gasteiger partial charge in [0.15, 0.2) is 0 Å². The molecular weight excluding hydrogens is 328 g/mol. The van der Waals surface area contributed by atoms with E-state index in [4.69, 9.17) is 0 Å². The summed E-state index contributed by atoms with van der Waals surface area (Å²) in [5.41, 5.74) is 1.69. The van der Waals surface area contributed by atoms with E-state index in [9.17, 15) is 18.3 Å². The van der Waals surface area contributed by atoms with Gasteiger partial charge in [-0.3, -0.25) is 14.1 Å². The van der Waals surface area contributed by atoms with E-state index in [-0.39, 0.29) is 11.3 Å². The van der Waals surface area contributed by atoms with Crippen molar-refractivity contribution < 1.29 is 18.3 Å². The number of para-hydroxylation sites is 1. The lowest BCUT2D eigenvalue weighted by molar-refractivity contribution is -0.139. The number of aliphatic carboxylic acids is 1. The van der Waals surface area contributed by atoms with Crippen LogP contribution in [-0.4, -0.2) is 30.5 Å². The molecule has 0 radical (unpaired) electrons. The lowest BCUT2D eigenvalue weighted by Crippen LogP contribution is -2.44. The lowest BCUT2D eigenvalue weighted by atomic mass is 9.87. The molecule has 1 aromatic heterocycles. The van der Waals surface area contributed by atoms with Crippen molar-refractivity contribution in [2.24, 2.45) is 0 Å². The van der Waals surface area contributed by atoms with Crippen LogP contribution in [0.2, 0.25) is 0 Å². The number of carboxylic acids is 1. The molecule has 2 atom stereocenters. The number of anilines is 1. The highest BCUT2D eigenvalue weighted by Crippen LogP contribution is 2.41. The zero-order valence-corrected chi connectivity index (χ0v) is 14.2. The molecule has 24 heavy (non-hydrogen) atoms. The molecule has 0 spiro atoms. The summed E-state index contributed by atoms with van der Waals surface area (Å²) in [6, 6.07) is 7.88. The average Bonchev–Trinajstić information content (AvgIpc) is 2.53. The van der Waals surface area contributed by atoms with Crippen molar-refractivity contribution in [3.8, 4) is 0 Å². The van der Waals surface area contributed by atoms with E-state index in [1.54, 1.807) is 50.4 Å². The van der Waals surface area contributed by atoms with Crippen LogP contribution in [0.4, 0.5) is 5.69 Å². The first-order valence-electron chi connectivity index (χ1n) is 7.60. The third-order valence-electron chi connectivity index (χ3n) is 4.23. The molecular formula is C17H18N2O4S. The summed E-state index contributed by atoms with van der Waals surface area (Å²) >= 11 is 0. The third kappa shape index (κ3) is 2.65. The summed E-state index contributed by atoms with van der Waals surface area (Å²) in [5.74, 6) is -1.65. The fourth-order valence-electron chi connectivity index (χ4n) is 3.17. The zero-order valence-electron chi connectivity index (χ0n) is 13.4. The molecule has 2 heterocycles. The van der Waals surface area contributed by atoms with Gasteiger partial charge >= 0.3 is 5.97 Å². The van der Waals surface area contributed by atoms with E-state index < -0.39 is 28.0 Å². The minimum Gasteiger partial charge on any atom is -0.481 e. The van der Waals surface area contributed by atoms with E-state index in [0.717, 1.165) is 5.56 Å². The molecule has 1 aliphatic heterocycles. The van der Waals surface area contributed by atoms with Crippen LogP contribution in [0, 0.1) is 6.92 Å². The summed E-state index contributed by atoms with van der Waals surface area (Å²) in [6.07, 6.45) is 3.14. The molecule has 6 nitrogen and oxygen atoms in total. The summed E-state index contributed by atoms with van der Waals surface area (Å²) in [5, 5.41) is 9.47. The SMILES string of the molecule is Cc1cncc(S(=O)(=O)N2c3ccccc3[C@@H](C(=O)O)C[C@H]2C)c1. The smallest absolute Gasteiger partial charge is 0.311 e. The van der Waals surface area contributed by atoms with Gasteiger partial charge in [-0.15, -0.1) is 0 Å².